The van der Waals surface area contributed by atoms with Crippen molar-refractivity contribution in [2.75, 3.05) is 26.2 Å². The second kappa shape index (κ2) is 8.59. The number of carbonyl (C=O) groups is 1. The number of hydrogen-bond donors (Lipinski definition) is 0. The predicted molar refractivity (Wildman–Crippen MR) is 126 cm³/mol. The summed E-state index contributed by atoms with van der Waals surface area (Å²) in [4.78, 5) is 25.2. The van der Waals surface area contributed by atoms with Gasteiger partial charge in [-0.05, 0) is 81.6 Å². The van der Waals surface area contributed by atoms with Gasteiger partial charge in [-0.2, -0.15) is 0 Å². The molecule has 6 nitrogen and oxygen atoms in total. The lowest BCUT2D eigenvalue weighted by Gasteiger charge is -2.49. The minimum absolute atomic E-state index is 0.238. The number of amides is 1. The van der Waals surface area contributed by atoms with Crippen LogP contribution in [0.1, 0.15) is 62.3 Å². The summed E-state index contributed by atoms with van der Waals surface area (Å²) in [6.07, 6.45) is 10.1. The molecular weight excluding hydrogens is 431 g/mol. The van der Waals surface area contributed by atoms with Gasteiger partial charge in [0.2, 0.25) is 0 Å². The highest BCUT2D eigenvalue weighted by Crippen LogP contribution is 2.51. The minimum Gasteiger partial charge on any atom is -0.485 e. The fourth-order valence-corrected chi connectivity index (χ4v) is 6.36. The van der Waals surface area contributed by atoms with Gasteiger partial charge in [-0.3, -0.25) is 4.79 Å². The molecule has 180 valence electrons. The molecule has 0 N–H and O–H groups in total. The molecule has 7 heteroatoms. The molecule has 6 rings (SSSR count). The van der Waals surface area contributed by atoms with E-state index in [2.05, 4.69) is 33.1 Å². The summed E-state index contributed by atoms with van der Waals surface area (Å²) in [6, 6.07) is 10.8. The Morgan fingerprint density at radius 3 is 2.50 bits per heavy atom. The van der Waals surface area contributed by atoms with E-state index < -0.39 is 5.67 Å². The number of ether oxygens (including phenoxy) is 1. The van der Waals surface area contributed by atoms with Crippen LogP contribution in [-0.2, 0) is 11.4 Å². The molecule has 2 saturated carbocycles. The Morgan fingerprint density at radius 2 is 1.76 bits per heavy atom. The van der Waals surface area contributed by atoms with Crippen molar-refractivity contribution in [3.8, 4) is 5.75 Å². The molecule has 3 heterocycles. The summed E-state index contributed by atoms with van der Waals surface area (Å²) < 4.78 is 20.2. The van der Waals surface area contributed by atoms with E-state index in [9.17, 15) is 9.18 Å². The average Bonchev–Trinajstić information content (AvgIpc) is 3.45. The number of piperidine rings is 1. The van der Waals surface area contributed by atoms with E-state index in [1.165, 1.54) is 18.4 Å². The van der Waals surface area contributed by atoms with Crippen molar-refractivity contribution in [2.45, 2.75) is 69.2 Å². The molecule has 34 heavy (non-hydrogen) atoms. The Bertz CT molecular complexity index is 1030. The van der Waals surface area contributed by atoms with Gasteiger partial charge in [0.1, 0.15) is 12.4 Å². The van der Waals surface area contributed by atoms with Crippen LogP contribution in [0.3, 0.4) is 0 Å². The fraction of sp³-hybridized carbons (Fsp3) is 0.593. The van der Waals surface area contributed by atoms with Crippen molar-refractivity contribution in [3.05, 3.63) is 54.1 Å². The largest absolute Gasteiger partial charge is 0.485 e. The Morgan fingerprint density at radius 1 is 1.03 bits per heavy atom. The summed E-state index contributed by atoms with van der Waals surface area (Å²) in [5.74, 6) is 1.88. The van der Waals surface area contributed by atoms with E-state index in [1.54, 1.807) is 17.3 Å². The molecule has 2 aliphatic carbocycles. The number of carbonyl (C=O) groups excluding carboxylic acids is 1. The maximum absolute atomic E-state index is 14.1. The standard InChI is InChI=1S/C27H33FN4O2/c28-27(10-11-27)25(33)32-18-26(19-32)9-6-21(16-26)31-14-7-20(8-15-31)22-4-1-2-5-23(22)34-17-24-29-12-3-13-30-24/h1-5,12-13,20-21H,6-11,14-19H2/t21-/m0/s1. The van der Waals surface area contributed by atoms with Crippen LogP contribution in [0.25, 0.3) is 0 Å². The highest BCUT2D eigenvalue weighted by Gasteiger charge is 2.58. The monoisotopic (exact) mass is 464 g/mol. The number of rotatable bonds is 6. The molecule has 1 aromatic carbocycles. The molecule has 0 radical (unpaired) electrons. The molecule has 1 aromatic heterocycles. The number of nitrogens with zero attached hydrogens (tertiary/aromatic N) is 4. The Kier molecular flexibility index (Phi) is 5.55. The van der Waals surface area contributed by atoms with Crippen molar-refractivity contribution >= 4 is 5.91 Å². The van der Waals surface area contributed by atoms with Crippen molar-refractivity contribution in [1.82, 2.24) is 19.8 Å². The third-order valence-electron chi connectivity index (χ3n) is 8.47. The summed E-state index contributed by atoms with van der Waals surface area (Å²) in [5, 5.41) is 0. The average molecular weight is 465 g/mol. The number of halogens is 1. The fourth-order valence-electron chi connectivity index (χ4n) is 6.36. The van der Waals surface area contributed by atoms with Gasteiger partial charge < -0.3 is 14.5 Å². The Hall–Kier alpha value is -2.54. The van der Waals surface area contributed by atoms with Gasteiger partial charge in [-0.25, -0.2) is 14.4 Å². The van der Waals surface area contributed by atoms with Crippen LogP contribution in [0.4, 0.5) is 4.39 Å². The molecule has 1 amide bonds. The molecule has 1 atom stereocenters. The molecule has 0 unspecified atom stereocenters. The molecule has 2 aliphatic heterocycles. The number of likely N-dealkylation sites (tertiary alicyclic amines) is 2. The predicted octanol–water partition coefficient (Wildman–Crippen LogP) is 4.12. The molecular formula is C27H33FN4O2. The first-order valence-electron chi connectivity index (χ1n) is 12.7. The van der Waals surface area contributed by atoms with E-state index in [0.717, 1.165) is 51.2 Å². The lowest BCUT2D eigenvalue weighted by molar-refractivity contribution is -0.150. The summed E-state index contributed by atoms with van der Waals surface area (Å²) in [5.41, 5.74) is 0.00667. The van der Waals surface area contributed by atoms with E-state index in [0.29, 0.717) is 37.2 Å². The normalized spacial score (nSPS) is 25.8. The molecule has 2 aromatic rings. The molecule has 1 spiro atoms. The summed E-state index contributed by atoms with van der Waals surface area (Å²) in [6.45, 7) is 4.10. The van der Waals surface area contributed by atoms with Gasteiger partial charge in [-0.15, -0.1) is 0 Å². The van der Waals surface area contributed by atoms with Crippen molar-refractivity contribution < 1.29 is 13.9 Å². The third kappa shape index (κ3) is 4.19. The van der Waals surface area contributed by atoms with E-state index in [1.807, 2.05) is 12.1 Å². The highest BCUT2D eigenvalue weighted by molar-refractivity contribution is 5.88. The SMILES string of the molecule is O=C(N1CC2(CC[C@H](N3CCC(c4ccccc4OCc4ncccn4)CC3)C2)C1)C1(F)CC1. The smallest absolute Gasteiger partial charge is 0.260 e. The third-order valence-corrected chi connectivity index (χ3v) is 8.47. The van der Waals surface area contributed by atoms with E-state index in [-0.39, 0.29) is 11.3 Å². The van der Waals surface area contributed by atoms with Gasteiger partial charge in [0, 0.05) is 36.9 Å². The second-order valence-corrected chi connectivity index (χ2v) is 10.8. The van der Waals surface area contributed by atoms with Crippen molar-refractivity contribution in [3.63, 3.8) is 0 Å². The first-order valence-corrected chi connectivity index (χ1v) is 12.7. The topological polar surface area (TPSA) is 58.6 Å². The van der Waals surface area contributed by atoms with Crippen LogP contribution in [0.5, 0.6) is 5.75 Å². The zero-order valence-electron chi connectivity index (χ0n) is 19.7. The Labute approximate surface area is 200 Å². The first-order chi connectivity index (χ1) is 16.5. The lowest BCUT2D eigenvalue weighted by Crippen LogP contribution is -2.60. The van der Waals surface area contributed by atoms with Crippen LogP contribution >= 0.6 is 0 Å². The summed E-state index contributed by atoms with van der Waals surface area (Å²) >= 11 is 0. The summed E-state index contributed by atoms with van der Waals surface area (Å²) in [7, 11) is 0. The van der Waals surface area contributed by atoms with Gasteiger partial charge in [0.25, 0.3) is 5.91 Å². The van der Waals surface area contributed by atoms with E-state index in [4.69, 9.17) is 4.74 Å². The first kappa shape index (κ1) is 22.0. The maximum Gasteiger partial charge on any atom is 0.260 e. The van der Waals surface area contributed by atoms with Crippen molar-refractivity contribution in [2.24, 2.45) is 5.41 Å². The van der Waals surface area contributed by atoms with Crippen LogP contribution in [0, 0.1) is 5.41 Å². The molecule has 4 fully saturated rings. The van der Waals surface area contributed by atoms with Gasteiger partial charge in [0.05, 0.1) is 0 Å². The number of alkyl halides is 1. The zero-order valence-corrected chi connectivity index (χ0v) is 19.7. The van der Waals surface area contributed by atoms with Crippen LogP contribution in [-0.4, -0.2) is 63.6 Å². The van der Waals surface area contributed by atoms with Crippen LogP contribution < -0.4 is 4.74 Å². The highest BCUT2D eigenvalue weighted by atomic mass is 19.1. The van der Waals surface area contributed by atoms with Crippen LogP contribution in [0.15, 0.2) is 42.7 Å². The molecule has 4 aliphatic rings. The van der Waals surface area contributed by atoms with Crippen molar-refractivity contribution in [1.29, 1.82) is 0 Å². The van der Waals surface area contributed by atoms with Gasteiger partial charge in [-0.1, -0.05) is 18.2 Å². The second-order valence-electron chi connectivity index (χ2n) is 10.8. The number of para-hydroxylation sites is 1. The van der Waals surface area contributed by atoms with E-state index >= 15 is 0 Å². The van der Waals surface area contributed by atoms with Gasteiger partial charge >= 0.3 is 0 Å². The zero-order chi connectivity index (χ0) is 23.2. The molecule has 0 bridgehead atoms. The Balaban J connectivity index is 1.02. The minimum atomic E-state index is -1.52. The number of hydrogen-bond acceptors (Lipinski definition) is 5. The quantitative estimate of drug-likeness (QED) is 0.644. The number of aromatic nitrogens is 2. The number of benzene rings is 1. The molecule has 2 saturated heterocycles. The van der Waals surface area contributed by atoms with Crippen LogP contribution in [0.2, 0.25) is 0 Å². The maximum atomic E-state index is 14.1. The van der Waals surface area contributed by atoms with Gasteiger partial charge in [0.15, 0.2) is 11.5 Å². The lowest BCUT2D eigenvalue weighted by atomic mass is 9.77.